The zero-order chi connectivity index (χ0) is 18.5. The monoisotopic (exact) mass is 368 g/mol. The fourth-order valence-corrected chi connectivity index (χ4v) is 2.96. The second kappa shape index (κ2) is 7.89. The largest absolute Gasteiger partial charge is 0.493 e. The average molecular weight is 369 g/mol. The molecule has 0 radical (unpaired) electrons. The Balaban J connectivity index is 1.80. The van der Waals surface area contributed by atoms with Crippen LogP contribution in [-0.2, 0) is 0 Å². The molecule has 0 heterocycles. The van der Waals surface area contributed by atoms with Gasteiger partial charge in [-0.25, -0.2) is 5.43 Å². The van der Waals surface area contributed by atoms with E-state index in [1.807, 2.05) is 36.4 Å². The number of methoxy groups -OCH3 is 2. The second-order valence-electron chi connectivity index (χ2n) is 5.46. The smallest absolute Gasteiger partial charge is 0.271 e. The molecule has 0 aliphatic rings. The van der Waals surface area contributed by atoms with E-state index in [9.17, 15) is 4.79 Å². The van der Waals surface area contributed by atoms with E-state index in [1.54, 1.807) is 18.2 Å². The van der Waals surface area contributed by atoms with E-state index in [1.165, 1.54) is 20.4 Å². The van der Waals surface area contributed by atoms with Gasteiger partial charge in [0, 0.05) is 5.56 Å². The first kappa shape index (κ1) is 17.8. The van der Waals surface area contributed by atoms with Crippen LogP contribution in [0.4, 0.5) is 0 Å². The van der Waals surface area contributed by atoms with Gasteiger partial charge in [0.1, 0.15) is 0 Å². The molecule has 0 fully saturated rings. The summed E-state index contributed by atoms with van der Waals surface area (Å²) in [6.07, 6.45) is 1.50. The highest BCUT2D eigenvalue weighted by atomic mass is 35.5. The van der Waals surface area contributed by atoms with Crippen molar-refractivity contribution >= 4 is 34.5 Å². The summed E-state index contributed by atoms with van der Waals surface area (Å²) in [6.45, 7) is 0. The molecule has 0 unspecified atom stereocenters. The minimum atomic E-state index is -0.287. The SMILES string of the molecule is COc1cc(/C=N\NC(=O)c2cccc3ccccc23)cc(Cl)c1OC. The Bertz CT molecular complexity index is 981. The Morgan fingerprint density at radius 2 is 1.85 bits per heavy atom. The maximum atomic E-state index is 12.4. The predicted molar refractivity (Wildman–Crippen MR) is 104 cm³/mol. The minimum Gasteiger partial charge on any atom is -0.493 e. The van der Waals surface area contributed by atoms with Gasteiger partial charge in [0.15, 0.2) is 11.5 Å². The van der Waals surface area contributed by atoms with E-state index >= 15 is 0 Å². The predicted octanol–water partition coefficient (Wildman–Crippen LogP) is 4.27. The van der Waals surface area contributed by atoms with E-state index in [-0.39, 0.29) is 5.91 Å². The van der Waals surface area contributed by atoms with Gasteiger partial charge in [0.2, 0.25) is 0 Å². The fourth-order valence-electron chi connectivity index (χ4n) is 2.66. The van der Waals surface area contributed by atoms with E-state index < -0.39 is 0 Å². The summed E-state index contributed by atoms with van der Waals surface area (Å²) in [4.78, 5) is 12.4. The molecule has 0 aliphatic heterocycles. The molecule has 1 amide bonds. The second-order valence-corrected chi connectivity index (χ2v) is 5.87. The average Bonchev–Trinajstić information content (AvgIpc) is 2.67. The minimum absolute atomic E-state index is 0.287. The normalized spacial score (nSPS) is 10.9. The first-order chi connectivity index (χ1) is 12.6. The summed E-state index contributed by atoms with van der Waals surface area (Å²) in [7, 11) is 3.04. The highest BCUT2D eigenvalue weighted by Gasteiger charge is 2.11. The first-order valence-electron chi connectivity index (χ1n) is 7.86. The number of fused-ring (bicyclic) bond motifs is 1. The Morgan fingerprint density at radius 3 is 2.62 bits per heavy atom. The summed E-state index contributed by atoms with van der Waals surface area (Å²) in [5.74, 6) is 0.651. The standard InChI is InChI=1S/C20H17ClN2O3/c1-25-18-11-13(10-17(21)19(18)26-2)12-22-23-20(24)16-9-5-7-14-6-3-4-8-15(14)16/h3-12H,1-2H3,(H,23,24)/b22-12-. The molecule has 3 aromatic carbocycles. The number of hydrogen-bond donors (Lipinski definition) is 1. The van der Waals surface area contributed by atoms with Crippen LogP contribution in [0.15, 0.2) is 59.7 Å². The third kappa shape index (κ3) is 3.63. The summed E-state index contributed by atoms with van der Waals surface area (Å²) in [6, 6.07) is 16.7. The number of benzene rings is 3. The Kier molecular flexibility index (Phi) is 5.39. The van der Waals surface area contributed by atoms with Crippen molar-refractivity contribution in [2.24, 2.45) is 5.10 Å². The molecule has 0 saturated heterocycles. The van der Waals surface area contributed by atoms with Gasteiger partial charge >= 0.3 is 0 Å². The molecule has 0 aliphatic carbocycles. The van der Waals surface area contributed by atoms with E-state index in [0.29, 0.717) is 27.6 Å². The van der Waals surface area contributed by atoms with Gasteiger partial charge in [-0.05, 0) is 34.5 Å². The quantitative estimate of drug-likeness (QED) is 0.540. The van der Waals surface area contributed by atoms with Crippen molar-refractivity contribution in [2.75, 3.05) is 14.2 Å². The lowest BCUT2D eigenvalue weighted by Gasteiger charge is -2.10. The molecule has 0 bridgehead atoms. The molecule has 6 heteroatoms. The zero-order valence-electron chi connectivity index (χ0n) is 14.3. The lowest BCUT2D eigenvalue weighted by atomic mass is 10.0. The molecule has 26 heavy (non-hydrogen) atoms. The van der Waals surface area contributed by atoms with Gasteiger partial charge in [-0.1, -0.05) is 48.0 Å². The molecule has 1 N–H and O–H groups in total. The van der Waals surface area contributed by atoms with E-state index in [2.05, 4.69) is 10.5 Å². The zero-order valence-corrected chi connectivity index (χ0v) is 15.1. The Labute approximate surface area is 156 Å². The molecule has 0 aromatic heterocycles. The van der Waals surface area contributed by atoms with Gasteiger partial charge in [-0.3, -0.25) is 4.79 Å². The number of nitrogens with one attached hydrogen (secondary N) is 1. The van der Waals surface area contributed by atoms with Crippen molar-refractivity contribution in [2.45, 2.75) is 0 Å². The Hall–Kier alpha value is -3.05. The number of ether oxygens (including phenoxy) is 2. The van der Waals surface area contributed by atoms with Crippen LogP contribution in [-0.4, -0.2) is 26.3 Å². The molecule has 3 rings (SSSR count). The van der Waals surface area contributed by atoms with Crippen LogP contribution in [0.3, 0.4) is 0 Å². The molecule has 5 nitrogen and oxygen atoms in total. The van der Waals surface area contributed by atoms with Crippen LogP contribution in [0.5, 0.6) is 11.5 Å². The fraction of sp³-hybridized carbons (Fsp3) is 0.100. The number of hydrogen-bond acceptors (Lipinski definition) is 4. The molecule has 0 saturated carbocycles. The number of carbonyl (C=O) groups is 1. The van der Waals surface area contributed by atoms with Gasteiger partial charge in [0.25, 0.3) is 5.91 Å². The lowest BCUT2D eigenvalue weighted by molar-refractivity contribution is 0.0957. The topological polar surface area (TPSA) is 59.9 Å². The van der Waals surface area contributed by atoms with Crippen LogP contribution < -0.4 is 14.9 Å². The van der Waals surface area contributed by atoms with Crippen molar-refractivity contribution in [3.05, 3.63) is 70.7 Å². The van der Waals surface area contributed by atoms with Crippen molar-refractivity contribution < 1.29 is 14.3 Å². The molecular weight excluding hydrogens is 352 g/mol. The Morgan fingerprint density at radius 1 is 1.08 bits per heavy atom. The van der Waals surface area contributed by atoms with E-state index in [4.69, 9.17) is 21.1 Å². The molecular formula is C20H17ClN2O3. The van der Waals surface area contributed by atoms with Crippen LogP contribution in [0, 0.1) is 0 Å². The summed E-state index contributed by atoms with van der Waals surface area (Å²) >= 11 is 6.16. The van der Waals surface area contributed by atoms with Crippen LogP contribution in [0.2, 0.25) is 5.02 Å². The van der Waals surface area contributed by atoms with Crippen LogP contribution in [0.25, 0.3) is 10.8 Å². The van der Waals surface area contributed by atoms with Crippen molar-refractivity contribution in [3.8, 4) is 11.5 Å². The summed E-state index contributed by atoms with van der Waals surface area (Å²) in [5.41, 5.74) is 3.77. The number of carbonyl (C=O) groups excluding carboxylic acids is 1. The van der Waals surface area contributed by atoms with Gasteiger partial charge in [0.05, 0.1) is 25.5 Å². The number of amides is 1. The highest BCUT2D eigenvalue weighted by molar-refractivity contribution is 6.32. The van der Waals surface area contributed by atoms with Gasteiger partial charge < -0.3 is 9.47 Å². The molecule has 132 valence electrons. The molecule has 0 spiro atoms. The van der Waals surface area contributed by atoms with Gasteiger partial charge in [-0.15, -0.1) is 0 Å². The maximum Gasteiger partial charge on any atom is 0.271 e. The molecule has 0 atom stereocenters. The first-order valence-corrected chi connectivity index (χ1v) is 8.24. The number of rotatable bonds is 5. The van der Waals surface area contributed by atoms with Crippen LogP contribution >= 0.6 is 11.6 Å². The summed E-state index contributed by atoms with van der Waals surface area (Å²) < 4.78 is 10.4. The van der Waals surface area contributed by atoms with Crippen molar-refractivity contribution in [1.29, 1.82) is 0 Å². The highest BCUT2D eigenvalue weighted by Crippen LogP contribution is 2.35. The van der Waals surface area contributed by atoms with Crippen molar-refractivity contribution in [1.82, 2.24) is 5.43 Å². The number of halogens is 1. The van der Waals surface area contributed by atoms with E-state index in [0.717, 1.165) is 10.8 Å². The lowest BCUT2D eigenvalue weighted by Crippen LogP contribution is -2.17. The third-order valence-electron chi connectivity index (χ3n) is 3.87. The molecule has 3 aromatic rings. The van der Waals surface area contributed by atoms with Crippen molar-refractivity contribution in [3.63, 3.8) is 0 Å². The summed E-state index contributed by atoms with van der Waals surface area (Å²) in [5, 5.41) is 6.28. The number of hydrazone groups is 1. The third-order valence-corrected chi connectivity index (χ3v) is 4.15. The van der Waals surface area contributed by atoms with Gasteiger partial charge in [-0.2, -0.15) is 5.10 Å². The van der Waals surface area contributed by atoms with Crippen LogP contribution in [0.1, 0.15) is 15.9 Å². The maximum absolute atomic E-state index is 12.4. The number of nitrogens with zero attached hydrogens (tertiary/aromatic N) is 1.